The van der Waals surface area contributed by atoms with Gasteiger partial charge in [-0.3, -0.25) is 4.79 Å². The van der Waals surface area contributed by atoms with Crippen molar-refractivity contribution in [3.63, 3.8) is 0 Å². The summed E-state index contributed by atoms with van der Waals surface area (Å²) < 4.78 is 9.99. The highest BCUT2D eigenvalue weighted by Gasteiger charge is 2.21. The van der Waals surface area contributed by atoms with Crippen LogP contribution in [0.25, 0.3) is 0 Å². The molecular weight excluding hydrogens is 338 g/mol. The molecule has 1 N–H and O–H groups in total. The van der Waals surface area contributed by atoms with E-state index < -0.39 is 5.97 Å². The van der Waals surface area contributed by atoms with Gasteiger partial charge in [0, 0.05) is 0 Å². The van der Waals surface area contributed by atoms with Crippen molar-refractivity contribution >= 4 is 28.2 Å². The summed E-state index contributed by atoms with van der Waals surface area (Å²) >= 11 is 1.35. The zero-order valence-corrected chi connectivity index (χ0v) is 15.7. The molecule has 0 unspecified atom stereocenters. The fourth-order valence-electron chi connectivity index (χ4n) is 2.50. The lowest BCUT2D eigenvalue weighted by molar-refractivity contribution is -0.115. The van der Waals surface area contributed by atoms with Crippen molar-refractivity contribution in [1.82, 2.24) is 0 Å². The first-order chi connectivity index (χ1) is 11.9. The van der Waals surface area contributed by atoms with E-state index in [-0.39, 0.29) is 12.3 Å². The molecule has 2 aromatic rings. The van der Waals surface area contributed by atoms with Crippen LogP contribution in [-0.4, -0.2) is 26.1 Å². The standard InChI is InChI=1S/C19H23NO4S/c1-12(2)9-14-11-25-18(17(14)19(22)24-4)20-16(21)10-13-5-7-15(23-3)8-6-13/h5-8,11-12H,9-10H2,1-4H3,(H,20,21). The van der Waals surface area contributed by atoms with Crippen molar-refractivity contribution < 1.29 is 19.1 Å². The minimum atomic E-state index is -0.420. The Morgan fingerprint density at radius 3 is 2.40 bits per heavy atom. The SMILES string of the molecule is COC(=O)c1c(CC(C)C)csc1NC(=O)Cc1ccc(OC)cc1. The Morgan fingerprint density at radius 2 is 1.84 bits per heavy atom. The third-order valence-corrected chi connectivity index (χ3v) is 4.61. The summed E-state index contributed by atoms with van der Waals surface area (Å²) in [6.45, 7) is 4.17. The third-order valence-electron chi connectivity index (χ3n) is 3.66. The summed E-state index contributed by atoms with van der Waals surface area (Å²) in [5, 5.41) is 5.30. The van der Waals surface area contributed by atoms with Gasteiger partial charge in [0.05, 0.1) is 26.2 Å². The summed E-state index contributed by atoms with van der Waals surface area (Å²) in [5.41, 5.74) is 2.24. The maximum atomic E-state index is 12.3. The summed E-state index contributed by atoms with van der Waals surface area (Å²) in [7, 11) is 2.95. The van der Waals surface area contributed by atoms with Gasteiger partial charge in [-0.25, -0.2) is 4.79 Å². The predicted octanol–water partition coefficient (Wildman–Crippen LogP) is 3.92. The summed E-state index contributed by atoms with van der Waals surface area (Å²) in [4.78, 5) is 24.5. The largest absolute Gasteiger partial charge is 0.497 e. The molecule has 0 saturated carbocycles. The van der Waals surface area contributed by atoms with Crippen LogP contribution in [0.4, 0.5) is 5.00 Å². The van der Waals surface area contributed by atoms with E-state index in [1.165, 1.54) is 18.4 Å². The quantitative estimate of drug-likeness (QED) is 0.759. The lowest BCUT2D eigenvalue weighted by Gasteiger charge is -2.09. The van der Waals surface area contributed by atoms with Crippen molar-refractivity contribution in [3.05, 3.63) is 46.3 Å². The number of hydrogen-bond donors (Lipinski definition) is 1. The minimum Gasteiger partial charge on any atom is -0.497 e. The molecule has 0 saturated heterocycles. The van der Waals surface area contributed by atoms with E-state index >= 15 is 0 Å². The van der Waals surface area contributed by atoms with Crippen LogP contribution < -0.4 is 10.1 Å². The van der Waals surface area contributed by atoms with E-state index in [2.05, 4.69) is 19.2 Å². The van der Waals surface area contributed by atoms with E-state index in [4.69, 9.17) is 9.47 Å². The number of ether oxygens (including phenoxy) is 2. The number of nitrogens with one attached hydrogen (secondary N) is 1. The topological polar surface area (TPSA) is 64.6 Å². The van der Waals surface area contributed by atoms with E-state index in [1.54, 1.807) is 7.11 Å². The van der Waals surface area contributed by atoms with Crippen molar-refractivity contribution in [2.75, 3.05) is 19.5 Å². The van der Waals surface area contributed by atoms with E-state index in [9.17, 15) is 9.59 Å². The molecule has 0 aliphatic heterocycles. The number of benzene rings is 1. The molecule has 1 aromatic carbocycles. The van der Waals surface area contributed by atoms with Crippen molar-refractivity contribution in [2.24, 2.45) is 5.92 Å². The Balaban J connectivity index is 2.13. The number of amides is 1. The van der Waals surface area contributed by atoms with Gasteiger partial charge in [-0.1, -0.05) is 26.0 Å². The molecule has 0 atom stereocenters. The van der Waals surface area contributed by atoms with Crippen LogP contribution in [0.5, 0.6) is 5.75 Å². The predicted molar refractivity (Wildman–Crippen MR) is 99.5 cm³/mol. The van der Waals surface area contributed by atoms with Crippen LogP contribution in [0.2, 0.25) is 0 Å². The molecule has 0 aliphatic carbocycles. The van der Waals surface area contributed by atoms with Gasteiger partial charge in [0.1, 0.15) is 10.8 Å². The van der Waals surface area contributed by atoms with Crippen LogP contribution in [0, 0.1) is 5.92 Å². The number of anilines is 1. The fourth-order valence-corrected chi connectivity index (χ4v) is 3.48. The second-order valence-electron chi connectivity index (χ2n) is 6.13. The molecule has 0 aliphatic rings. The van der Waals surface area contributed by atoms with E-state index in [0.29, 0.717) is 16.5 Å². The van der Waals surface area contributed by atoms with Crippen molar-refractivity contribution in [2.45, 2.75) is 26.7 Å². The maximum absolute atomic E-state index is 12.3. The van der Waals surface area contributed by atoms with Crippen molar-refractivity contribution in [1.29, 1.82) is 0 Å². The van der Waals surface area contributed by atoms with Gasteiger partial charge in [-0.05, 0) is 41.0 Å². The number of rotatable bonds is 7. The molecular formula is C19H23NO4S. The molecule has 1 amide bonds. The molecule has 5 nitrogen and oxygen atoms in total. The zero-order chi connectivity index (χ0) is 18.4. The van der Waals surface area contributed by atoms with Gasteiger partial charge in [0.2, 0.25) is 5.91 Å². The molecule has 1 aromatic heterocycles. The molecule has 6 heteroatoms. The average molecular weight is 361 g/mol. The molecule has 0 radical (unpaired) electrons. The highest BCUT2D eigenvalue weighted by atomic mass is 32.1. The lowest BCUT2D eigenvalue weighted by atomic mass is 10.0. The third kappa shape index (κ3) is 5.06. The first-order valence-corrected chi connectivity index (χ1v) is 8.94. The van der Waals surface area contributed by atoms with Crippen LogP contribution in [0.3, 0.4) is 0 Å². The molecule has 25 heavy (non-hydrogen) atoms. The smallest absolute Gasteiger partial charge is 0.341 e. The van der Waals surface area contributed by atoms with Crippen molar-refractivity contribution in [3.8, 4) is 5.75 Å². The lowest BCUT2D eigenvalue weighted by Crippen LogP contribution is -2.16. The Bertz CT molecular complexity index is 734. The molecule has 0 fully saturated rings. The van der Waals surface area contributed by atoms with E-state index in [1.807, 2.05) is 29.6 Å². The number of esters is 1. The van der Waals surface area contributed by atoms with Crippen LogP contribution in [0.15, 0.2) is 29.6 Å². The fraction of sp³-hybridized carbons (Fsp3) is 0.368. The highest BCUT2D eigenvalue weighted by molar-refractivity contribution is 7.15. The zero-order valence-electron chi connectivity index (χ0n) is 14.9. The van der Waals surface area contributed by atoms with Gasteiger partial charge in [-0.15, -0.1) is 11.3 Å². The molecule has 1 heterocycles. The van der Waals surface area contributed by atoms with Gasteiger partial charge in [0.25, 0.3) is 0 Å². The first-order valence-electron chi connectivity index (χ1n) is 8.06. The van der Waals surface area contributed by atoms with Crippen LogP contribution in [-0.2, 0) is 22.4 Å². The van der Waals surface area contributed by atoms with Gasteiger partial charge >= 0.3 is 5.97 Å². The van der Waals surface area contributed by atoms with Crippen LogP contribution in [0.1, 0.15) is 35.3 Å². The number of thiophene rings is 1. The minimum absolute atomic E-state index is 0.173. The number of hydrogen-bond acceptors (Lipinski definition) is 5. The second kappa shape index (κ2) is 8.67. The summed E-state index contributed by atoms with van der Waals surface area (Å²) in [6.07, 6.45) is 0.983. The first kappa shape index (κ1) is 19.0. The highest BCUT2D eigenvalue weighted by Crippen LogP contribution is 2.31. The monoisotopic (exact) mass is 361 g/mol. The Labute approximate surface area is 152 Å². The van der Waals surface area contributed by atoms with Gasteiger partial charge in [-0.2, -0.15) is 0 Å². The van der Waals surface area contributed by atoms with Crippen LogP contribution >= 0.6 is 11.3 Å². The molecule has 0 bridgehead atoms. The summed E-state index contributed by atoms with van der Waals surface area (Å²) in [5.74, 6) is 0.555. The number of carbonyl (C=O) groups is 2. The molecule has 134 valence electrons. The normalized spacial score (nSPS) is 10.6. The van der Waals surface area contributed by atoms with E-state index in [0.717, 1.165) is 23.3 Å². The molecule has 0 spiro atoms. The molecule has 2 rings (SSSR count). The van der Waals surface area contributed by atoms with Gasteiger partial charge < -0.3 is 14.8 Å². The average Bonchev–Trinajstić information content (AvgIpc) is 2.96. The van der Waals surface area contributed by atoms with Gasteiger partial charge in [0.15, 0.2) is 0 Å². The Hall–Kier alpha value is -2.34. The Kier molecular flexibility index (Phi) is 6.58. The number of carbonyl (C=O) groups excluding carboxylic acids is 2. The summed E-state index contributed by atoms with van der Waals surface area (Å²) in [6, 6.07) is 7.32. The Morgan fingerprint density at radius 1 is 1.16 bits per heavy atom. The second-order valence-corrected chi connectivity index (χ2v) is 7.01. The number of methoxy groups -OCH3 is 2. The maximum Gasteiger partial charge on any atom is 0.341 e.